The van der Waals surface area contributed by atoms with E-state index in [0.717, 1.165) is 36.1 Å². The molecule has 0 spiro atoms. The van der Waals surface area contributed by atoms with Crippen LogP contribution in [0, 0.1) is 18.3 Å². The minimum absolute atomic E-state index is 0.0190. The normalized spacial score (nSPS) is 20.4. The fraction of sp³-hybridized carbons (Fsp3) is 0.405. The van der Waals surface area contributed by atoms with Gasteiger partial charge in [0.2, 0.25) is 11.8 Å². The minimum atomic E-state index is -0.906. The Labute approximate surface area is 254 Å². The van der Waals surface area contributed by atoms with Crippen LogP contribution in [0.3, 0.4) is 0 Å². The number of fused-ring (bicyclic) bond motifs is 1. The number of carbonyl (C=O) groups is 2. The number of amides is 2. The zero-order chi connectivity index (χ0) is 30.2. The van der Waals surface area contributed by atoms with Crippen molar-refractivity contribution >= 4 is 28.4 Å². The van der Waals surface area contributed by atoms with E-state index in [1.807, 2.05) is 47.4 Å². The lowest BCUT2D eigenvalue weighted by Gasteiger charge is -2.45. The van der Waals surface area contributed by atoms with Crippen molar-refractivity contribution in [2.75, 3.05) is 12.4 Å². The molecule has 2 aliphatic carbocycles. The minimum Gasteiger partial charge on any atom is -0.497 e. The molecular weight excluding hydrogens is 534 g/mol. The predicted molar refractivity (Wildman–Crippen MR) is 172 cm³/mol. The summed E-state index contributed by atoms with van der Waals surface area (Å²) in [6.07, 6.45) is 4.64. The van der Waals surface area contributed by atoms with E-state index in [0.29, 0.717) is 31.5 Å². The SMILES string of the molecule is COc1ccc(NC(=O)C2(N(Cc3ccccc3)C(=O)C[C@@H]3[C@H](c4c(C)[nH]c5ccccc45)C3(C)C)CCCCC2)cc1. The van der Waals surface area contributed by atoms with Gasteiger partial charge in [0, 0.05) is 35.2 Å². The molecule has 2 fully saturated rings. The topological polar surface area (TPSA) is 74.4 Å². The maximum Gasteiger partial charge on any atom is 0.250 e. The molecule has 6 nitrogen and oxygen atoms in total. The van der Waals surface area contributed by atoms with Crippen molar-refractivity contribution in [1.29, 1.82) is 0 Å². The Bertz CT molecular complexity index is 1600. The van der Waals surface area contributed by atoms with E-state index < -0.39 is 5.54 Å². The van der Waals surface area contributed by atoms with Gasteiger partial charge in [-0.3, -0.25) is 9.59 Å². The summed E-state index contributed by atoms with van der Waals surface area (Å²) in [4.78, 5) is 34.4. The Morgan fingerprint density at radius 3 is 2.30 bits per heavy atom. The summed E-state index contributed by atoms with van der Waals surface area (Å²) < 4.78 is 5.30. The summed E-state index contributed by atoms with van der Waals surface area (Å²) in [5.74, 6) is 1.18. The van der Waals surface area contributed by atoms with Crippen LogP contribution in [0.5, 0.6) is 5.75 Å². The molecule has 0 bridgehead atoms. The molecule has 2 aliphatic rings. The number of hydrogen-bond donors (Lipinski definition) is 2. The molecule has 2 saturated carbocycles. The van der Waals surface area contributed by atoms with E-state index in [1.54, 1.807) is 7.11 Å². The average Bonchev–Trinajstić information content (AvgIpc) is 3.37. The van der Waals surface area contributed by atoms with E-state index in [4.69, 9.17) is 4.74 Å². The third-order valence-electron chi connectivity index (χ3n) is 10.2. The number of ether oxygens (including phenoxy) is 1. The Balaban J connectivity index is 1.32. The van der Waals surface area contributed by atoms with Gasteiger partial charge in [-0.2, -0.15) is 0 Å². The lowest BCUT2D eigenvalue weighted by molar-refractivity contribution is -0.149. The molecule has 1 heterocycles. The highest BCUT2D eigenvalue weighted by Gasteiger charge is 2.60. The quantitative estimate of drug-likeness (QED) is 0.212. The lowest BCUT2D eigenvalue weighted by Crippen LogP contribution is -2.59. The number of nitrogens with zero attached hydrogens (tertiary/aromatic N) is 1. The van der Waals surface area contributed by atoms with Gasteiger partial charge in [-0.05, 0) is 78.5 Å². The fourth-order valence-electron chi connectivity index (χ4n) is 7.62. The van der Waals surface area contributed by atoms with E-state index in [-0.39, 0.29) is 29.1 Å². The van der Waals surface area contributed by atoms with Gasteiger partial charge in [-0.1, -0.05) is 81.6 Å². The lowest BCUT2D eigenvalue weighted by atomic mass is 9.78. The summed E-state index contributed by atoms with van der Waals surface area (Å²) in [6, 6.07) is 26.0. The second kappa shape index (κ2) is 11.6. The van der Waals surface area contributed by atoms with E-state index >= 15 is 0 Å². The number of benzene rings is 3. The van der Waals surface area contributed by atoms with Gasteiger partial charge in [-0.15, -0.1) is 0 Å². The van der Waals surface area contributed by atoms with Crippen LogP contribution in [-0.2, 0) is 16.1 Å². The zero-order valence-corrected chi connectivity index (χ0v) is 25.8. The van der Waals surface area contributed by atoms with Crippen molar-refractivity contribution in [2.45, 2.75) is 77.3 Å². The monoisotopic (exact) mass is 577 g/mol. The Morgan fingerprint density at radius 1 is 0.930 bits per heavy atom. The van der Waals surface area contributed by atoms with E-state index in [2.05, 4.69) is 67.5 Å². The van der Waals surface area contributed by atoms with Crippen LogP contribution < -0.4 is 10.1 Å². The van der Waals surface area contributed by atoms with Crippen molar-refractivity contribution < 1.29 is 14.3 Å². The number of aromatic nitrogens is 1. The standard InChI is InChI=1S/C37H43N3O3/c1-25-33(29-15-9-10-16-31(29)38-25)34-30(36(34,2)3)23-32(41)40(24-26-13-7-5-8-14-26)37(21-11-6-12-22-37)35(42)39-27-17-19-28(43-4)20-18-27/h5,7-10,13-20,30,34,38H,6,11-12,21-24H2,1-4H3,(H,39,42)/t30-,34-/m1/s1. The zero-order valence-electron chi connectivity index (χ0n) is 25.8. The molecule has 2 amide bonds. The first-order valence-corrected chi connectivity index (χ1v) is 15.6. The number of aromatic amines is 1. The van der Waals surface area contributed by atoms with Crippen LogP contribution >= 0.6 is 0 Å². The number of carbonyl (C=O) groups excluding carboxylic acids is 2. The number of methoxy groups -OCH3 is 1. The van der Waals surface area contributed by atoms with Crippen LogP contribution in [0.15, 0.2) is 78.9 Å². The molecule has 43 heavy (non-hydrogen) atoms. The summed E-state index contributed by atoms with van der Waals surface area (Å²) in [5, 5.41) is 4.42. The molecule has 0 saturated heterocycles. The van der Waals surface area contributed by atoms with E-state index in [1.165, 1.54) is 16.6 Å². The molecule has 3 aromatic carbocycles. The summed E-state index contributed by atoms with van der Waals surface area (Å²) >= 11 is 0. The molecule has 2 atom stereocenters. The van der Waals surface area contributed by atoms with Gasteiger partial charge in [0.1, 0.15) is 11.3 Å². The number of anilines is 1. The summed E-state index contributed by atoms with van der Waals surface area (Å²) in [6.45, 7) is 7.13. The summed E-state index contributed by atoms with van der Waals surface area (Å²) in [7, 11) is 1.63. The predicted octanol–water partition coefficient (Wildman–Crippen LogP) is 7.99. The third-order valence-corrected chi connectivity index (χ3v) is 10.2. The number of nitrogens with one attached hydrogen (secondary N) is 2. The Hall–Kier alpha value is -4.06. The Kier molecular flexibility index (Phi) is 7.80. The first-order chi connectivity index (χ1) is 20.7. The average molecular weight is 578 g/mol. The van der Waals surface area contributed by atoms with Crippen molar-refractivity contribution in [3.8, 4) is 5.75 Å². The van der Waals surface area contributed by atoms with Crippen LogP contribution in [0.2, 0.25) is 0 Å². The molecule has 224 valence electrons. The van der Waals surface area contributed by atoms with Gasteiger partial charge in [-0.25, -0.2) is 0 Å². The van der Waals surface area contributed by atoms with Crippen molar-refractivity contribution in [2.24, 2.45) is 11.3 Å². The highest BCUT2D eigenvalue weighted by molar-refractivity contribution is 6.01. The smallest absolute Gasteiger partial charge is 0.250 e. The van der Waals surface area contributed by atoms with Crippen molar-refractivity contribution in [1.82, 2.24) is 9.88 Å². The van der Waals surface area contributed by atoms with Crippen LogP contribution in [0.25, 0.3) is 10.9 Å². The van der Waals surface area contributed by atoms with Crippen LogP contribution in [-0.4, -0.2) is 34.3 Å². The van der Waals surface area contributed by atoms with Crippen LogP contribution in [0.4, 0.5) is 5.69 Å². The van der Waals surface area contributed by atoms with Crippen molar-refractivity contribution in [3.63, 3.8) is 0 Å². The molecule has 0 radical (unpaired) electrons. The second-order valence-electron chi connectivity index (χ2n) is 13.1. The van der Waals surface area contributed by atoms with Crippen LogP contribution in [0.1, 0.15) is 75.1 Å². The second-order valence-corrected chi connectivity index (χ2v) is 13.1. The van der Waals surface area contributed by atoms with E-state index in [9.17, 15) is 9.59 Å². The molecule has 2 N–H and O–H groups in total. The third kappa shape index (κ3) is 5.44. The number of hydrogen-bond acceptors (Lipinski definition) is 3. The highest BCUT2D eigenvalue weighted by Crippen LogP contribution is 2.67. The molecule has 4 aromatic rings. The molecular formula is C37H43N3O3. The first-order valence-electron chi connectivity index (χ1n) is 15.6. The number of para-hydroxylation sites is 1. The van der Waals surface area contributed by atoms with Gasteiger partial charge in [0.05, 0.1) is 7.11 Å². The molecule has 0 unspecified atom stereocenters. The van der Waals surface area contributed by atoms with Gasteiger partial charge in [0.25, 0.3) is 0 Å². The Morgan fingerprint density at radius 2 is 1.60 bits per heavy atom. The summed E-state index contributed by atoms with van der Waals surface area (Å²) in [5.41, 5.74) is 4.48. The van der Waals surface area contributed by atoms with Crippen molar-refractivity contribution in [3.05, 3.63) is 95.7 Å². The fourth-order valence-corrected chi connectivity index (χ4v) is 7.62. The molecule has 6 rings (SSSR count). The number of rotatable bonds is 9. The largest absolute Gasteiger partial charge is 0.497 e. The number of aryl methyl sites for hydroxylation is 1. The maximum absolute atomic E-state index is 14.6. The molecule has 6 heteroatoms. The number of H-pyrrole nitrogens is 1. The van der Waals surface area contributed by atoms with Gasteiger partial charge >= 0.3 is 0 Å². The molecule has 0 aliphatic heterocycles. The maximum atomic E-state index is 14.6. The molecule has 1 aromatic heterocycles. The highest BCUT2D eigenvalue weighted by atomic mass is 16.5. The first kappa shape index (κ1) is 29.0. The van der Waals surface area contributed by atoms with Gasteiger partial charge < -0.3 is 19.9 Å². The van der Waals surface area contributed by atoms with Gasteiger partial charge in [0.15, 0.2) is 0 Å².